The molecule has 0 aliphatic heterocycles. The Morgan fingerprint density at radius 1 is 1.02 bits per heavy atom. The standard InChI is InChI=1S/C30H36N4O7S/c1-6-27(30(36)31-7-2)32(19-23-10-8-9-21(3)17-23)29(35)20-33(24-12-14-25(41-5)15-13-24)42(39,40)26-16-11-22(4)28(18-26)34(37)38/h8-18,27H,6-7,19-20H2,1-5H3,(H,31,36)/t27-/m0/s1. The molecule has 3 aromatic rings. The number of nitrogens with zero attached hydrogens (tertiary/aromatic N) is 3. The normalized spacial score (nSPS) is 11.8. The molecule has 1 atom stereocenters. The number of ether oxygens (including phenoxy) is 1. The maximum Gasteiger partial charge on any atom is 0.273 e. The molecule has 0 bridgehead atoms. The first-order chi connectivity index (χ1) is 19.9. The summed E-state index contributed by atoms with van der Waals surface area (Å²) in [5.41, 5.74) is 1.82. The smallest absolute Gasteiger partial charge is 0.273 e. The number of amides is 2. The molecule has 224 valence electrons. The molecule has 0 aliphatic carbocycles. The van der Waals surface area contributed by atoms with Crippen molar-refractivity contribution in [3.05, 3.63) is 93.5 Å². The van der Waals surface area contributed by atoms with E-state index in [0.717, 1.165) is 21.5 Å². The largest absolute Gasteiger partial charge is 0.497 e. The van der Waals surface area contributed by atoms with E-state index < -0.39 is 33.4 Å². The number of carbonyl (C=O) groups excluding carboxylic acids is 2. The van der Waals surface area contributed by atoms with E-state index in [1.807, 2.05) is 31.2 Å². The highest BCUT2D eigenvalue weighted by Gasteiger charge is 2.34. The molecule has 2 amide bonds. The lowest BCUT2D eigenvalue weighted by Crippen LogP contribution is -2.52. The summed E-state index contributed by atoms with van der Waals surface area (Å²) in [6, 6.07) is 16.3. The van der Waals surface area contributed by atoms with Gasteiger partial charge < -0.3 is 15.0 Å². The predicted molar refractivity (Wildman–Crippen MR) is 160 cm³/mol. The molecule has 0 fully saturated rings. The topological polar surface area (TPSA) is 139 Å². The van der Waals surface area contributed by atoms with Crippen LogP contribution in [-0.2, 0) is 26.2 Å². The highest BCUT2D eigenvalue weighted by molar-refractivity contribution is 7.92. The molecule has 11 nitrogen and oxygen atoms in total. The lowest BCUT2D eigenvalue weighted by atomic mass is 10.1. The number of hydrogen-bond donors (Lipinski definition) is 1. The number of nitro groups is 1. The van der Waals surface area contributed by atoms with Gasteiger partial charge in [-0.25, -0.2) is 8.42 Å². The summed E-state index contributed by atoms with van der Waals surface area (Å²) in [7, 11) is -3.01. The molecule has 0 unspecified atom stereocenters. The molecule has 1 N–H and O–H groups in total. The third-order valence-electron chi connectivity index (χ3n) is 6.78. The van der Waals surface area contributed by atoms with E-state index in [2.05, 4.69) is 5.32 Å². The van der Waals surface area contributed by atoms with E-state index in [9.17, 15) is 28.1 Å². The molecule has 12 heteroatoms. The number of likely N-dealkylation sites (N-methyl/N-ethyl adjacent to an activating group) is 1. The van der Waals surface area contributed by atoms with Crippen molar-refractivity contribution in [3.8, 4) is 5.75 Å². The monoisotopic (exact) mass is 596 g/mol. The van der Waals surface area contributed by atoms with Gasteiger partial charge in [-0.05, 0) is 63.1 Å². The van der Waals surface area contributed by atoms with E-state index in [1.54, 1.807) is 26.0 Å². The number of sulfonamides is 1. The fourth-order valence-electron chi connectivity index (χ4n) is 4.57. The summed E-state index contributed by atoms with van der Waals surface area (Å²) >= 11 is 0. The van der Waals surface area contributed by atoms with Gasteiger partial charge in [-0.1, -0.05) is 42.8 Å². The summed E-state index contributed by atoms with van der Waals surface area (Å²) < 4.78 is 34.2. The molecule has 0 radical (unpaired) electrons. The minimum absolute atomic E-state index is 0.0721. The van der Waals surface area contributed by atoms with Crippen LogP contribution in [-0.4, -0.2) is 56.3 Å². The van der Waals surface area contributed by atoms with Crippen molar-refractivity contribution >= 4 is 33.2 Å². The van der Waals surface area contributed by atoms with E-state index in [1.165, 1.54) is 43.2 Å². The molecule has 3 aromatic carbocycles. The van der Waals surface area contributed by atoms with Gasteiger partial charge in [0.1, 0.15) is 18.3 Å². The maximum absolute atomic E-state index is 14.1. The van der Waals surface area contributed by atoms with Crippen LogP contribution in [0.15, 0.2) is 71.6 Å². The molecule has 0 aromatic heterocycles. The van der Waals surface area contributed by atoms with Gasteiger partial charge >= 0.3 is 0 Å². The molecular formula is C30H36N4O7S. The number of nitro benzene ring substituents is 1. The van der Waals surface area contributed by atoms with Crippen LogP contribution >= 0.6 is 0 Å². The molecule has 0 saturated carbocycles. The Hall–Kier alpha value is -4.45. The van der Waals surface area contributed by atoms with Gasteiger partial charge in [-0.2, -0.15) is 0 Å². The Bertz CT molecular complexity index is 1540. The first-order valence-electron chi connectivity index (χ1n) is 13.5. The van der Waals surface area contributed by atoms with Crippen molar-refractivity contribution in [1.29, 1.82) is 0 Å². The highest BCUT2D eigenvalue weighted by atomic mass is 32.2. The van der Waals surface area contributed by atoms with Gasteiger partial charge in [-0.3, -0.25) is 24.0 Å². The number of carbonyl (C=O) groups is 2. The Balaban J connectivity index is 2.12. The van der Waals surface area contributed by atoms with Crippen LogP contribution in [0.25, 0.3) is 0 Å². The van der Waals surface area contributed by atoms with Gasteiger partial charge in [-0.15, -0.1) is 0 Å². The number of nitrogens with one attached hydrogen (secondary N) is 1. The van der Waals surface area contributed by atoms with Crippen LogP contribution in [0, 0.1) is 24.0 Å². The number of benzene rings is 3. The highest BCUT2D eigenvalue weighted by Crippen LogP contribution is 2.29. The van der Waals surface area contributed by atoms with E-state index in [-0.39, 0.29) is 28.7 Å². The molecular weight excluding hydrogens is 560 g/mol. The second kappa shape index (κ2) is 13.9. The summed E-state index contributed by atoms with van der Waals surface area (Å²) in [6.45, 7) is 6.75. The lowest BCUT2D eigenvalue weighted by Gasteiger charge is -2.33. The number of aryl methyl sites for hydroxylation is 2. The number of hydrogen-bond acceptors (Lipinski definition) is 7. The van der Waals surface area contributed by atoms with Gasteiger partial charge in [0.15, 0.2) is 0 Å². The van der Waals surface area contributed by atoms with E-state index >= 15 is 0 Å². The van der Waals surface area contributed by atoms with E-state index in [4.69, 9.17) is 4.74 Å². The first-order valence-corrected chi connectivity index (χ1v) is 14.9. The van der Waals surface area contributed by atoms with Gasteiger partial charge in [0.2, 0.25) is 11.8 Å². The average Bonchev–Trinajstić information content (AvgIpc) is 2.95. The Kier molecular flexibility index (Phi) is 10.6. The minimum Gasteiger partial charge on any atom is -0.497 e. The third-order valence-corrected chi connectivity index (χ3v) is 8.55. The van der Waals surface area contributed by atoms with E-state index in [0.29, 0.717) is 24.3 Å². The number of rotatable bonds is 13. The van der Waals surface area contributed by atoms with Crippen molar-refractivity contribution in [1.82, 2.24) is 10.2 Å². The quantitative estimate of drug-likeness (QED) is 0.228. The minimum atomic E-state index is -4.48. The van der Waals surface area contributed by atoms with Gasteiger partial charge in [0.25, 0.3) is 15.7 Å². The fraction of sp³-hybridized carbons (Fsp3) is 0.333. The maximum atomic E-state index is 14.1. The lowest BCUT2D eigenvalue weighted by molar-refractivity contribution is -0.385. The van der Waals surface area contributed by atoms with Crippen molar-refractivity contribution in [2.75, 3.05) is 24.5 Å². The van der Waals surface area contributed by atoms with Crippen molar-refractivity contribution in [2.24, 2.45) is 0 Å². The Morgan fingerprint density at radius 2 is 1.71 bits per heavy atom. The molecule has 0 spiro atoms. The van der Waals surface area contributed by atoms with Crippen molar-refractivity contribution in [2.45, 2.75) is 51.6 Å². The summed E-state index contributed by atoms with van der Waals surface area (Å²) in [5.74, 6) is -0.499. The first kappa shape index (κ1) is 32.1. The predicted octanol–water partition coefficient (Wildman–Crippen LogP) is 4.36. The summed E-state index contributed by atoms with van der Waals surface area (Å²) in [5, 5.41) is 14.3. The summed E-state index contributed by atoms with van der Waals surface area (Å²) in [6.07, 6.45) is 0.294. The molecule has 42 heavy (non-hydrogen) atoms. The molecule has 0 heterocycles. The van der Waals surface area contributed by atoms with Crippen LogP contribution in [0.5, 0.6) is 5.75 Å². The van der Waals surface area contributed by atoms with Gasteiger partial charge in [0, 0.05) is 24.7 Å². The van der Waals surface area contributed by atoms with Crippen LogP contribution in [0.3, 0.4) is 0 Å². The number of methoxy groups -OCH3 is 1. The third kappa shape index (κ3) is 7.43. The Morgan fingerprint density at radius 3 is 2.29 bits per heavy atom. The van der Waals surface area contributed by atoms with Crippen LogP contribution in [0.2, 0.25) is 0 Å². The zero-order chi connectivity index (χ0) is 31.0. The van der Waals surface area contributed by atoms with Crippen LogP contribution < -0.4 is 14.4 Å². The van der Waals surface area contributed by atoms with Crippen LogP contribution in [0.4, 0.5) is 11.4 Å². The summed E-state index contributed by atoms with van der Waals surface area (Å²) in [4.78, 5) is 39.1. The second-order valence-electron chi connectivity index (χ2n) is 9.74. The zero-order valence-corrected chi connectivity index (χ0v) is 25.2. The fourth-order valence-corrected chi connectivity index (χ4v) is 6.00. The molecule has 0 aliphatic rings. The zero-order valence-electron chi connectivity index (χ0n) is 24.4. The molecule has 0 saturated heterocycles. The second-order valence-corrected chi connectivity index (χ2v) is 11.6. The van der Waals surface area contributed by atoms with Gasteiger partial charge in [0.05, 0.1) is 22.6 Å². The number of anilines is 1. The average molecular weight is 597 g/mol. The van der Waals surface area contributed by atoms with Crippen LogP contribution in [0.1, 0.15) is 37.0 Å². The van der Waals surface area contributed by atoms with Crippen molar-refractivity contribution in [3.63, 3.8) is 0 Å². The SMILES string of the molecule is CCNC(=O)[C@H](CC)N(Cc1cccc(C)c1)C(=O)CN(c1ccc(OC)cc1)S(=O)(=O)c1ccc(C)c([N+](=O)[O-])c1. The van der Waals surface area contributed by atoms with Crippen molar-refractivity contribution < 1.29 is 27.7 Å². The molecule has 3 rings (SSSR count). The Labute approximate surface area is 246 Å².